The minimum Gasteiger partial charge on any atom is -0.462 e. The molecule has 1 aromatic rings. The third-order valence-electron chi connectivity index (χ3n) is 2.94. The van der Waals surface area contributed by atoms with E-state index in [9.17, 15) is 9.59 Å². The van der Waals surface area contributed by atoms with Crippen LogP contribution in [-0.2, 0) is 9.53 Å². The van der Waals surface area contributed by atoms with Gasteiger partial charge in [0.1, 0.15) is 6.04 Å². The van der Waals surface area contributed by atoms with Crippen molar-refractivity contribution >= 4 is 11.9 Å². The maximum Gasteiger partial charge on any atom is 0.341 e. The molecule has 0 aromatic carbocycles. The Morgan fingerprint density at radius 3 is 2.53 bits per heavy atom. The van der Waals surface area contributed by atoms with Crippen molar-refractivity contribution in [2.45, 2.75) is 33.7 Å². The fourth-order valence-electron chi connectivity index (χ4n) is 1.78. The van der Waals surface area contributed by atoms with Crippen molar-refractivity contribution < 1.29 is 14.3 Å². The van der Waals surface area contributed by atoms with Gasteiger partial charge < -0.3 is 9.64 Å². The van der Waals surface area contributed by atoms with Gasteiger partial charge in [0.05, 0.1) is 18.4 Å². The summed E-state index contributed by atoms with van der Waals surface area (Å²) in [5.41, 5.74) is 0.362. The molecule has 1 rings (SSSR count). The van der Waals surface area contributed by atoms with Crippen LogP contribution in [0.5, 0.6) is 0 Å². The molecule has 1 heterocycles. The smallest absolute Gasteiger partial charge is 0.341 e. The molecule has 106 valence electrons. The van der Waals surface area contributed by atoms with Crippen LogP contribution in [0.4, 0.5) is 0 Å². The van der Waals surface area contributed by atoms with E-state index >= 15 is 0 Å². The molecule has 0 aliphatic rings. The largest absolute Gasteiger partial charge is 0.462 e. The summed E-state index contributed by atoms with van der Waals surface area (Å²) < 4.78 is 6.38. The fraction of sp³-hybridized carbons (Fsp3) is 0.615. The molecule has 0 saturated heterocycles. The Hall–Kier alpha value is -1.85. The number of nitrogens with zero attached hydrogens (tertiary/aromatic N) is 3. The third-order valence-corrected chi connectivity index (χ3v) is 2.94. The molecule has 0 aliphatic heterocycles. The van der Waals surface area contributed by atoms with E-state index in [-0.39, 0.29) is 5.91 Å². The van der Waals surface area contributed by atoms with Gasteiger partial charge in [0.15, 0.2) is 0 Å². The van der Waals surface area contributed by atoms with Crippen LogP contribution in [0.2, 0.25) is 0 Å². The summed E-state index contributed by atoms with van der Waals surface area (Å²) in [6.07, 6.45) is 2.97. The zero-order chi connectivity index (χ0) is 14.4. The van der Waals surface area contributed by atoms with Gasteiger partial charge in [-0.2, -0.15) is 5.10 Å². The average Bonchev–Trinajstić information content (AvgIpc) is 2.89. The Morgan fingerprint density at radius 2 is 2.00 bits per heavy atom. The molecule has 6 nitrogen and oxygen atoms in total. The number of esters is 1. The van der Waals surface area contributed by atoms with Crippen molar-refractivity contribution in [3.63, 3.8) is 0 Å². The molecule has 0 radical (unpaired) electrons. The Morgan fingerprint density at radius 1 is 1.37 bits per heavy atom. The Kier molecular flexibility index (Phi) is 5.54. The van der Waals surface area contributed by atoms with Gasteiger partial charge in [-0.15, -0.1) is 0 Å². The molecule has 0 N–H and O–H groups in total. The Bertz CT molecular complexity index is 438. The van der Waals surface area contributed by atoms with Gasteiger partial charge in [0.2, 0.25) is 5.91 Å². The minimum atomic E-state index is -0.428. The molecule has 1 aromatic heterocycles. The average molecular weight is 267 g/mol. The van der Waals surface area contributed by atoms with Crippen molar-refractivity contribution in [1.82, 2.24) is 14.7 Å². The number of hydrogen-bond donors (Lipinski definition) is 0. The number of aromatic nitrogens is 2. The van der Waals surface area contributed by atoms with Crippen LogP contribution in [0, 0.1) is 0 Å². The normalized spacial score (nSPS) is 12.0. The van der Waals surface area contributed by atoms with Crippen molar-refractivity contribution in [3.05, 3.63) is 18.0 Å². The molecule has 0 aliphatic carbocycles. The van der Waals surface area contributed by atoms with E-state index in [2.05, 4.69) is 5.10 Å². The highest BCUT2D eigenvalue weighted by molar-refractivity contribution is 5.89. The molecule has 6 heteroatoms. The predicted molar refractivity (Wildman–Crippen MR) is 70.8 cm³/mol. The second-order valence-electron chi connectivity index (χ2n) is 4.12. The van der Waals surface area contributed by atoms with E-state index in [0.717, 1.165) is 0 Å². The summed E-state index contributed by atoms with van der Waals surface area (Å²) in [5, 5.41) is 4.06. The lowest BCUT2D eigenvalue weighted by Gasteiger charge is -2.22. The zero-order valence-corrected chi connectivity index (χ0v) is 11.9. The zero-order valence-electron chi connectivity index (χ0n) is 11.9. The van der Waals surface area contributed by atoms with Crippen LogP contribution >= 0.6 is 0 Å². The van der Waals surface area contributed by atoms with Gasteiger partial charge >= 0.3 is 5.97 Å². The lowest BCUT2D eigenvalue weighted by atomic mass is 10.3. The first-order valence-corrected chi connectivity index (χ1v) is 6.55. The predicted octanol–water partition coefficient (Wildman–Crippen LogP) is 1.49. The highest BCUT2D eigenvalue weighted by atomic mass is 16.5. The molecule has 0 saturated carbocycles. The topological polar surface area (TPSA) is 64.4 Å². The van der Waals surface area contributed by atoms with E-state index in [1.54, 1.807) is 24.9 Å². The highest BCUT2D eigenvalue weighted by Crippen LogP contribution is 2.11. The first-order chi connectivity index (χ1) is 9.04. The van der Waals surface area contributed by atoms with E-state index in [0.29, 0.717) is 25.3 Å². The van der Waals surface area contributed by atoms with Crippen LogP contribution in [0.25, 0.3) is 0 Å². The minimum absolute atomic E-state index is 0.0106. The van der Waals surface area contributed by atoms with Crippen molar-refractivity contribution in [3.8, 4) is 0 Å². The van der Waals surface area contributed by atoms with Gasteiger partial charge in [-0.3, -0.25) is 9.48 Å². The second-order valence-corrected chi connectivity index (χ2v) is 4.12. The highest BCUT2D eigenvalue weighted by Gasteiger charge is 2.21. The first kappa shape index (κ1) is 15.2. The summed E-state index contributed by atoms with van der Waals surface area (Å²) in [7, 11) is 0. The molecule has 19 heavy (non-hydrogen) atoms. The lowest BCUT2D eigenvalue weighted by molar-refractivity contribution is -0.134. The van der Waals surface area contributed by atoms with Crippen molar-refractivity contribution in [2.75, 3.05) is 19.7 Å². The van der Waals surface area contributed by atoms with Gasteiger partial charge in [-0.05, 0) is 27.7 Å². The number of hydrogen-bond acceptors (Lipinski definition) is 4. The molecular weight excluding hydrogens is 246 g/mol. The fourth-order valence-corrected chi connectivity index (χ4v) is 1.78. The number of likely N-dealkylation sites (N-methyl/N-ethyl adjacent to an activating group) is 1. The molecule has 1 atom stereocenters. The molecule has 0 bridgehead atoms. The van der Waals surface area contributed by atoms with Gasteiger partial charge in [0, 0.05) is 19.3 Å². The number of ether oxygens (including phenoxy) is 1. The number of rotatable bonds is 6. The summed E-state index contributed by atoms with van der Waals surface area (Å²) in [5.74, 6) is -0.431. The molecule has 1 unspecified atom stereocenters. The van der Waals surface area contributed by atoms with E-state index in [1.807, 2.05) is 13.8 Å². The van der Waals surface area contributed by atoms with Gasteiger partial charge in [-0.1, -0.05) is 0 Å². The van der Waals surface area contributed by atoms with E-state index < -0.39 is 12.0 Å². The summed E-state index contributed by atoms with van der Waals surface area (Å²) in [6.45, 7) is 9.01. The second kappa shape index (κ2) is 6.92. The maximum atomic E-state index is 12.2. The van der Waals surface area contributed by atoms with Crippen LogP contribution in [0.3, 0.4) is 0 Å². The quantitative estimate of drug-likeness (QED) is 0.732. The Labute approximate surface area is 113 Å². The van der Waals surface area contributed by atoms with E-state index in [1.165, 1.54) is 10.9 Å². The molecule has 0 fully saturated rings. The molecule has 0 spiro atoms. The van der Waals surface area contributed by atoms with Crippen molar-refractivity contribution in [2.24, 2.45) is 0 Å². The molecular formula is C13H21N3O3. The number of carbonyl (C=O) groups excluding carboxylic acids is 2. The molecule has 1 amide bonds. The third kappa shape index (κ3) is 3.56. The maximum absolute atomic E-state index is 12.2. The number of carbonyl (C=O) groups is 2. The van der Waals surface area contributed by atoms with Crippen LogP contribution in [0.1, 0.15) is 44.1 Å². The monoisotopic (exact) mass is 267 g/mol. The lowest BCUT2D eigenvalue weighted by Crippen LogP contribution is -2.36. The SMILES string of the molecule is CCOC(=O)c1cnn(C(C)C(=O)N(CC)CC)c1. The Balaban J connectivity index is 2.80. The van der Waals surface area contributed by atoms with Crippen LogP contribution in [0.15, 0.2) is 12.4 Å². The first-order valence-electron chi connectivity index (χ1n) is 6.55. The van der Waals surface area contributed by atoms with E-state index in [4.69, 9.17) is 4.74 Å². The van der Waals surface area contributed by atoms with Crippen molar-refractivity contribution in [1.29, 1.82) is 0 Å². The standard InChI is InChI=1S/C13H21N3O3/c1-5-15(6-2)12(17)10(4)16-9-11(8-14-16)13(18)19-7-3/h8-10H,5-7H2,1-4H3. The summed E-state index contributed by atoms with van der Waals surface area (Å²) in [6, 6.07) is -0.428. The van der Waals surface area contributed by atoms with Crippen LogP contribution in [-0.4, -0.2) is 46.3 Å². The van der Waals surface area contributed by atoms with Crippen LogP contribution < -0.4 is 0 Å². The van der Waals surface area contributed by atoms with Gasteiger partial charge in [-0.25, -0.2) is 4.79 Å². The number of amides is 1. The summed E-state index contributed by atoms with van der Waals surface area (Å²) in [4.78, 5) is 25.4. The summed E-state index contributed by atoms with van der Waals surface area (Å²) >= 11 is 0. The van der Waals surface area contributed by atoms with Gasteiger partial charge in [0.25, 0.3) is 0 Å².